The molecule has 0 atom stereocenters. The molecular formula is C25H39F2N7O2. The number of nitrogens with zero attached hydrogens (tertiary/aromatic N) is 5. The minimum Gasteiger partial charge on any atom is -0.469 e. The number of nitrogens with two attached hydrogens (primary N) is 2. The van der Waals surface area contributed by atoms with Gasteiger partial charge in [-0.1, -0.05) is 20.3 Å². The van der Waals surface area contributed by atoms with Crippen LogP contribution in [0.15, 0.2) is 34.7 Å². The zero-order valence-electron chi connectivity index (χ0n) is 21.9. The van der Waals surface area contributed by atoms with Gasteiger partial charge >= 0.3 is 0 Å². The summed E-state index contributed by atoms with van der Waals surface area (Å²) < 4.78 is 33.6. The van der Waals surface area contributed by atoms with E-state index in [1.165, 1.54) is 5.01 Å². The van der Waals surface area contributed by atoms with Gasteiger partial charge in [0.05, 0.1) is 40.7 Å². The first-order valence-electron chi connectivity index (χ1n) is 12.1. The largest absolute Gasteiger partial charge is 0.469 e. The number of rotatable bonds is 11. The molecule has 2 rings (SSSR count). The number of hydrogen-bond donors (Lipinski definition) is 2. The lowest BCUT2D eigenvalue weighted by molar-refractivity contribution is -0.103. The summed E-state index contributed by atoms with van der Waals surface area (Å²) in [5.41, 5.74) is 9.56. The number of aliphatic imine (C=N–C) groups is 1. The Kier molecular flexibility index (Phi) is 10.6. The molecule has 1 aliphatic rings. The van der Waals surface area contributed by atoms with Gasteiger partial charge in [-0.2, -0.15) is 0 Å². The first kappa shape index (κ1) is 29.0. The zero-order chi connectivity index (χ0) is 26.9. The number of allylic oxidation sites excluding steroid dienone is 1. The van der Waals surface area contributed by atoms with E-state index in [0.717, 1.165) is 6.42 Å². The molecule has 2 heterocycles. The Morgan fingerprint density at radius 2 is 2.03 bits per heavy atom. The molecule has 1 aliphatic heterocycles. The number of aldehydes is 1. The van der Waals surface area contributed by atoms with E-state index in [2.05, 4.69) is 9.98 Å². The van der Waals surface area contributed by atoms with Gasteiger partial charge in [-0.25, -0.2) is 24.6 Å². The predicted octanol–water partition coefficient (Wildman–Crippen LogP) is 3.13. The van der Waals surface area contributed by atoms with Crippen LogP contribution in [0.3, 0.4) is 0 Å². The fourth-order valence-electron chi connectivity index (χ4n) is 3.96. The number of aryl methyl sites for hydroxylation is 1. The number of aromatic nitrogens is 1. The maximum atomic E-state index is 14.0. The second-order valence-corrected chi connectivity index (χ2v) is 9.06. The molecule has 0 bridgehead atoms. The monoisotopic (exact) mass is 507 g/mol. The lowest BCUT2D eigenvalue weighted by Gasteiger charge is -2.35. The first-order chi connectivity index (χ1) is 17.0. The molecular weight excluding hydrogens is 468 g/mol. The average Bonchev–Trinajstić information content (AvgIpc) is 2.81. The third-order valence-corrected chi connectivity index (χ3v) is 5.66. The number of hydrogen-bond acceptors (Lipinski definition) is 9. The number of hydrazine groups is 1. The molecule has 0 saturated carbocycles. The Balaban J connectivity index is 2.32. The van der Waals surface area contributed by atoms with Gasteiger partial charge in [0, 0.05) is 40.3 Å². The summed E-state index contributed by atoms with van der Waals surface area (Å²) >= 11 is 0. The first-order valence-corrected chi connectivity index (χ1v) is 12.1. The molecule has 1 aromatic rings. The molecule has 0 aromatic carbocycles. The molecule has 4 N–H and O–H groups in total. The van der Waals surface area contributed by atoms with Crippen LogP contribution in [0.2, 0.25) is 0 Å². The molecule has 200 valence electrons. The van der Waals surface area contributed by atoms with E-state index < -0.39 is 5.92 Å². The smallest absolute Gasteiger partial charge is 0.265 e. The van der Waals surface area contributed by atoms with Crippen molar-refractivity contribution in [2.24, 2.45) is 16.6 Å². The van der Waals surface area contributed by atoms with Crippen molar-refractivity contribution in [3.8, 4) is 0 Å². The van der Waals surface area contributed by atoms with Crippen LogP contribution in [0.25, 0.3) is 5.70 Å². The summed E-state index contributed by atoms with van der Waals surface area (Å²) in [6, 6.07) is 3.46. The Morgan fingerprint density at radius 3 is 2.58 bits per heavy atom. The fraction of sp³-hybridized carbons (Fsp3) is 0.560. The highest BCUT2D eigenvalue weighted by Crippen LogP contribution is 2.32. The van der Waals surface area contributed by atoms with E-state index in [0.29, 0.717) is 60.6 Å². The zero-order valence-corrected chi connectivity index (χ0v) is 21.9. The molecule has 9 nitrogen and oxygen atoms in total. The van der Waals surface area contributed by atoms with Crippen LogP contribution in [0.5, 0.6) is 0 Å². The van der Waals surface area contributed by atoms with E-state index >= 15 is 0 Å². The second-order valence-electron chi connectivity index (χ2n) is 9.06. The van der Waals surface area contributed by atoms with Gasteiger partial charge in [-0.15, -0.1) is 0 Å². The van der Waals surface area contributed by atoms with Crippen molar-refractivity contribution in [2.75, 3.05) is 45.7 Å². The molecule has 1 saturated heterocycles. The number of carbonyl (C=O) groups is 1. The third kappa shape index (κ3) is 8.18. The highest BCUT2D eigenvalue weighted by molar-refractivity contribution is 6.24. The van der Waals surface area contributed by atoms with Crippen molar-refractivity contribution in [1.29, 1.82) is 0 Å². The molecule has 1 aromatic heterocycles. The fourth-order valence-corrected chi connectivity index (χ4v) is 3.96. The van der Waals surface area contributed by atoms with Gasteiger partial charge in [0.2, 0.25) is 6.29 Å². The average molecular weight is 508 g/mol. The highest BCUT2D eigenvalue weighted by atomic mass is 19.3. The number of likely N-dealkylation sites (N-methyl/N-ethyl adjacent to an activating group) is 1. The number of piperidine rings is 1. The summed E-state index contributed by atoms with van der Waals surface area (Å²) in [4.78, 5) is 24.1. The molecule has 0 unspecified atom stereocenters. The standard InChI is InChI=1S/C25H39F2N7O2/c1-6-9-18(14-32(3)4)30-23(15-35)36-16-22(33(5)29)24(28)20-10-11-21(19(7-2)31-20)34-13-8-12-25(26,27)17-34/h10-11,14-15H,6-9,12-13,16-17,28-29H2,1-5H3/b18-14-,24-22-,30-23?. The maximum absolute atomic E-state index is 14.0. The molecule has 36 heavy (non-hydrogen) atoms. The summed E-state index contributed by atoms with van der Waals surface area (Å²) in [6.07, 6.45) is 4.77. The van der Waals surface area contributed by atoms with Crippen molar-refractivity contribution < 1.29 is 18.3 Å². The van der Waals surface area contributed by atoms with Crippen LogP contribution >= 0.6 is 0 Å². The van der Waals surface area contributed by atoms with Crippen molar-refractivity contribution in [3.63, 3.8) is 0 Å². The molecule has 1 fully saturated rings. The maximum Gasteiger partial charge on any atom is 0.265 e. The number of ether oxygens (including phenoxy) is 1. The van der Waals surface area contributed by atoms with E-state index in [1.807, 2.05) is 39.0 Å². The Hall–Kier alpha value is -3.21. The highest BCUT2D eigenvalue weighted by Gasteiger charge is 2.36. The third-order valence-electron chi connectivity index (χ3n) is 5.66. The minimum absolute atomic E-state index is 0.0905. The van der Waals surface area contributed by atoms with Gasteiger partial charge in [0.25, 0.3) is 11.8 Å². The molecule has 11 heteroatoms. The second kappa shape index (κ2) is 13.2. The van der Waals surface area contributed by atoms with Crippen LogP contribution in [0.1, 0.15) is 50.9 Å². The quantitative estimate of drug-likeness (QED) is 0.154. The normalized spacial score (nSPS) is 16.9. The van der Waals surface area contributed by atoms with Gasteiger partial charge in [-0.3, -0.25) is 4.79 Å². The van der Waals surface area contributed by atoms with Crippen molar-refractivity contribution in [2.45, 2.75) is 51.9 Å². The summed E-state index contributed by atoms with van der Waals surface area (Å²) in [5, 5.41) is 1.30. The number of alkyl halides is 2. The molecule has 0 spiro atoms. The van der Waals surface area contributed by atoms with E-state index in [9.17, 15) is 13.6 Å². The Labute approximate surface area is 212 Å². The van der Waals surface area contributed by atoms with Crippen LogP contribution in [-0.2, 0) is 16.0 Å². The van der Waals surface area contributed by atoms with Crippen LogP contribution in [0.4, 0.5) is 14.5 Å². The Morgan fingerprint density at radius 1 is 1.31 bits per heavy atom. The number of anilines is 1. The molecule has 0 amide bonds. The minimum atomic E-state index is -2.72. The summed E-state index contributed by atoms with van der Waals surface area (Å²) in [5.74, 6) is 3.21. The van der Waals surface area contributed by atoms with Crippen LogP contribution in [-0.4, -0.2) is 73.8 Å². The van der Waals surface area contributed by atoms with Crippen LogP contribution < -0.4 is 16.5 Å². The summed E-state index contributed by atoms with van der Waals surface area (Å²) in [6.45, 7) is 4.05. The SMILES string of the molecule is CCC/C(=C/N(C)C)N=C(C=O)OC/C(=C(/N)c1ccc(N2CCCC(F)(F)C2)c(CC)n1)N(C)N. The van der Waals surface area contributed by atoms with Crippen molar-refractivity contribution in [3.05, 3.63) is 41.1 Å². The van der Waals surface area contributed by atoms with Gasteiger partial charge < -0.3 is 25.3 Å². The van der Waals surface area contributed by atoms with Gasteiger partial charge in [0.15, 0.2) is 0 Å². The topological polar surface area (TPSA) is 113 Å². The van der Waals surface area contributed by atoms with E-state index in [4.69, 9.17) is 16.3 Å². The van der Waals surface area contributed by atoms with Gasteiger partial charge in [0.1, 0.15) is 6.61 Å². The predicted molar refractivity (Wildman–Crippen MR) is 139 cm³/mol. The number of carbonyl (C=O) groups excluding carboxylic acids is 1. The van der Waals surface area contributed by atoms with E-state index in [1.54, 1.807) is 24.1 Å². The Bertz CT molecular complexity index is 991. The molecule has 0 radical (unpaired) electrons. The number of halogens is 2. The van der Waals surface area contributed by atoms with Gasteiger partial charge in [-0.05, 0) is 31.4 Å². The number of pyridine rings is 1. The lowest BCUT2D eigenvalue weighted by Crippen LogP contribution is -2.43. The van der Waals surface area contributed by atoms with Crippen LogP contribution in [0, 0.1) is 0 Å². The lowest BCUT2D eigenvalue weighted by atomic mass is 10.1. The van der Waals surface area contributed by atoms with E-state index in [-0.39, 0.29) is 31.2 Å². The molecule has 0 aliphatic carbocycles. The van der Waals surface area contributed by atoms with Crippen molar-refractivity contribution in [1.82, 2.24) is 14.9 Å². The van der Waals surface area contributed by atoms with Crippen molar-refractivity contribution >= 4 is 23.6 Å². The summed E-state index contributed by atoms with van der Waals surface area (Å²) in [7, 11) is 5.34.